The first kappa shape index (κ1) is 23.6. The summed E-state index contributed by atoms with van der Waals surface area (Å²) in [5.74, 6) is 0. The molecule has 1 saturated heterocycles. The SMILES string of the molecule is Cc1ccc(S(=O)(=O)NC(c2ccccc2)C(NC[C@@H]2CCCN2C)c2ccccc2)cc1. The van der Waals surface area contributed by atoms with E-state index >= 15 is 0 Å². The fourth-order valence-electron chi connectivity index (χ4n) is 4.53. The fourth-order valence-corrected chi connectivity index (χ4v) is 5.77. The first-order valence-electron chi connectivity index (χ1n) is 11.6. The number of sulfonamides is 1. The van der Waals surface area contributed by atoms with E-state index in [0.29, 0.717) is 6.04 Å². The molecule has 0 aromatic heterocycles. The molecular formula is C27H33N3O2S. The van der Waals surface area contributed by atoms with Crippen LogP contribution in [0.15, 0.2) is 89.8 Å². The lowest BCUT2D eigenvalue weighted by Gasteiger charge is -2.32. The zero-order valence-corrected chi connectivity index (χ0v) is 20.1. The van der Waals surface area contributed by atoms with Crippen LogP contribution in [0, 0.1) is 6.92 Å². The molecule has 4 rings (SSSR count). The zero-order valence-electron chi connectivity index (χ0n) is 19.3. The maximum atomic E-state index is 13.4. The van der Waals surface area contributed by atoms with E-state index in [4.69, 9.17) is 0 Å². The molecule has 174 valence electrons. The van der Waals surface area contributed by atoms with Gasteiger partial charge in [0.1, 0.15) is 0 Å². The van der Waals surface area contributed by atoms with E-state index < -0.39 is 16.1 Å². The smallest absolute Gasteiger partial charge is 0.241 e. The number of likely N-dealkylation sites (N-methyl/N-ethyl adjacent to an activating group) is 1. The number of likely N-dealkylation sites (tertiary alicyclic amines) is 1. The molecule has 6 heteroatoms. The van der Waals surface area contributed by atoms with Crippen molar-refractivity contribution in [2.45, 2.75) is 42.8 Å². The van der Waals surface area contributed by atoms with E-state index in [2.05, 4.69) is 34.1 Å². The molecule has 0 amide bonds. The van der Waals surface area contributed by atoms with Crippen molar-refractivity contribution in [3.63, 3.8) is 0 Å². The predicted molar refractivity (Wildman–Crippen MR) is 134 cm³/mol. The van der Waals surface area contributed by atoms with Crippen LogP contribution in [-0.2, 0) is 10.0 Å². The molecule has 1 aliphatic rings. The van der Waals surface area contributed by atoms with Gasteiger partial charge >= 0.3 is 0 Å². The number of benzene rings is 3. The van der Waals surface area contributed by atoms with Crippen molar-refractivity contribution in [1.29, 1.82) is 0 Å². The first-order chi connectivity index (χ1) is 15.9. The molecule has 0 spiro atoms. The Hall–Kier alpha value is -2.51. The Morgan fingerprint density at radius 2 is 1.45 bits per heavy atom. The fraction of sp³-hybridized carbons (Fsp3) is 0.333. The van der Waals surface area contributed by atoms with Crippen molar-refractivity contribution in [2.24, 2.45) is 0 Å². The maximum absolute atomic E-state index is 13.4. The number of nitrogens with zero attached hydrogens (tertiary/aromatic N) is 1. The van der Waals surface area contributed by atoms with Crippen LogP contribution in [-0.4, -0.2) is 39.5 Å². The van der Waals surface area contributed by atoms with Gasteiger partial charge in [-0.25, -0.2) is 13.1 Å². The minimum Gasteiger partial charge on any atom is -0.307 e. The number of hydrogen-bond acceptors (Lipinski definition) is 4. The van der Waals surface area contributed by atoms with Crippen LogP contribution >= 0.6 is 0 Å². The summed E-state index contributed by atoms with van der Waals surface area (Å²) in [6.45, 7) is 3.85. The van der Waals surface area contributed by atoms with Gasteiger partial charge in [-0.1, -0.05) is 78.4 Å². The third kappa shape index (κ3) is 5.89. The standard InChI is InChI=1S/C27H33N3O2S/c1-21-15-17-25(18-16-21)33(31,32)29-27(23-12-7-4-8-13-23)26(22-10-5-3-6-11-22)28-20-24-14-9-19-30(24)2/h3-8,10-13,15-18,24,26-29H,9,14,19-20H2,1-2H3/t24-,26?,27?/m0/s1. The highest BCUT2D eigenvalue weighted by Gasteiger charge is 2.31. The molecule has 0 aliphatic carbocycles. The molecule has 0 bridgehead atoms. The molecule has 0 radical (unpaired) electrons. The largest absolute Gasteiger partial charge is 0.307 e. The lowest BCUT2D eigenvalue weighted by Crippen LogP contribution is -2.43. The van der Waals surface area contributed by atoms with Gasteiger partial charge in [-0.3, -0.25) is 0 Å². The summed E-state index contributed by atoms with van der Waals surface area (Å²) < 4.78 is 29.9. The summed E-state index contributed by atoms with van der Waals surface area (Å²) >= 11 is 0. The molecule has 2 unspecified atom stereocenters. The van der Waals surface area contributed by atoms with E-state index in [0.717, 1.165) is 36.2 Å². The van der Waals surface area contributed by atoms with Crippen molar-refractivity contribution in [2.75, 3.05) is 20.1 Å². The molecule has 0 saturated carbocycles. The Balaban J connectivity index is 1.69. The van der Waals surface area contributed by atoms with Crippen molar-refractivity contribution < 1.29 is 8.42 Å². The highest BCUT2D eigenvalue weighted by Crippen LogP contribution is 2.31. The van der Waals surface area contributed by atoms with Crippen LogP contribution in [0.25, 0.3) is 0 Å². The van der Waals surface area contributed by atoms with Crippen LogP contribution in [0.4, 0.5) is 0 Å². The second-order valence-electron chi connectivity index (χ2n) is 8.90. The van der Waals surface area contributed by atoms with Crippen molar-refractivity contribution in [3.8, 4) is 0 Å². The third-order valence-corrected chi connectivity index (χ3v) is 7.97. The Morgan fingerprint density at radius 3 is 2.00 bits per heavy atom. The molecular weight excluding hydrogens is 430 g/mol. The van der Waals surface area contributed by atoms with Gasteiger partial charge in [0.25, 0.3) is 0 Å². The lowest BCUT2D eigenvalue weighted by molar-refractivity contribution is 0.282. The second-order valence-corrected chi connectivity index (χ2v) is 10.6. The number of nitrogens with one attached hydrogen (secondary N) is 2. The van der Waals surface area contributed by atoms with Gasteiger partial charge in [-0.2, -0.15) is 0 Å². The highest BCUT2D eigenvalue weighted by atomic mass is 32.2. The first-order valence-corrected chi connectivity index (χ1v) is 13.0. The Kier molecular flexibility index (Phi) is 7.60. The van der Waals surface area contributed by atoms with Crippen LogP contribution in [0.5, 0.6) is 0 Å². The van der Waals surface area contributed by atoms with Crippen LogP contribution < -0.4 is 10.0 Å². The summed E-state index contributed by atoms with van der Waals surface area (Å²) in [6.07, 6.45) is 2.34. The maximum Gasteiger partial charge on any atom is 0.241 e. The Labute approximate surface area is 197 Å². The molecule has 1 fully saturated rings. The highest BCUT2D eigenvalue weighted by molar-refractivity contribution is 7.89. The topological polar surface area (TPSA) is 61.4 Å². The van der Waals surface area contributed by atoms with E-state index in [1.54, 1.807) is 12.1 Å². The van der Waals surface area contributed by atoms with E-state index in [9.17, 15) is 8.42 Å². The second kappa shape index (κ2) is 10.6. The van der Waals surface area contributed by atoms with Gasteiger partial charge in [0.05, 0.1) is 17.0 Å². The van der Waals surface area contributed by atoms with E-state index in [1.807, 2.05) is 67.6 Å². The van der Waals surface area contributed by atoms with E-state index in [1.165, 1.54) is 6.42 Å². The average molecular weight is 464 g/mol. The molecule has 3 atom stereocenters. The Bertz CT molecular complexity index is 1120. The van der Waals surface area contributed by atoms with Gasteiger partial charge in [-0.15, -0.1) is 0 Å². The Morgan fingerprint density at radius 1 is 0.879 bits per heavy atom. The summed E-state index contributed by atoms with van der Waals surface area (Å²) in [5, 5.41) is 3.72. The third-order valence-electron chi connectivity index (χ3n) is 6.51. The minimum atomic E-state index is -3.73. The minimum absolute atomic E-state index is 0.220. The van der Waals surface area contributed by atoms with Gasteiger partial charge in [0.15, 0.2) is 0 Å². The summed E-state index contributed by atoms with van der Waals surface area (Å²) in [5.41, 5.74) is 3.01. The normalized spacial score (nSPS) is 18.8. The van der Waals surface area contributed by atoms with Gasteiger partial charge in [0.2, 0.25) is 10.0 Å². The number of rotatable bonds is 9. The average Bonchev–Trinajstić information content (AvgIpc) is 3.24. The monoisotopic (exact) mass is 463 g/mol. The predicted octanol–water partition coefficient (Wildman–Crippen LogP) is 4.44. The molecule has 3 aromatic carbocycles. The van der Waals surface area contributed by atoms with Crippen LogP contribution in [0.2, 0.25) is 0 Å². The summed E-state index contributed by atoms with van der Waals surface area (Å²) in [4.78, 5) is 2.65. The number of hydrogen-bond donors (Lipinski definition) is 2. The molecule has 2 N–H and O–H groups in total. The lowest BCUT2D eigenvalue weighted by atomic mass is 9.93. The number of aryl methyl sites for hydroxylation is 1. The summed E-state index contributed by atoms with van der Waals surface area (Å²) in [6, 6.07) is 26.7. The molecule has 5 nitrogen and oxygen atoms in total. The van der Waals surface area contributed by atoms with E-state index in [-0.39, 0.29) is 10.9 Å². The summed E-state index contributed by atoms with van der Waals surface area (Å²) in [7, 11) is -1.57. The van der Waals surface area contributed by atoms with Gasteiger partial charge in [0, 0.05) is 12.6 Å². The molecule has 1 heterocycles. The molecule has 33 heavy (non-hydrogen) atoms. The van der Waals surface area contributed by atoms with Crippen molar-refractivity contribution in [1.82, 2.24) is 14.9 Å². The van der Waals surface area contributed by atoms with Gasteiger partial charge in [-0.05, 0) is 56.6 Å². The zero-order chi connectivity index (χ0) is 23.3. The van der Waals surface area contributed by atoms with Crippen LogP contribution in [0.1, 0.15) is 41.6 Å². The molecule has 3 aromatic rings. The van der Waals surface area contributed by atoms with Crippen LogP contribution in [0.3, 0.4) is 0 Å². The molecule has 1 aliphatic heterocycles. The quantitative estimate of drug-likeness (QED) is 0.493. The van der Waals surface area contributed by atoms with Gasteiger partial charge < -0.3 is 10.2 Å². The van der Waals surface area contributed by atoms with Crippen molar-refractivity contribution >= 4 is 10.0 Å². The van der Waals surface area contributed by atoms with Crippen molar-refractivity contribution in [3.05, 3.63) is 102 Å².